The molecule has 0 amide bonds. The molecule has 1 unspecified atom stereocenters. The Labute approximate surface area is 119 Å². The average Bonchev–Trinajstić information content (AvgIpc) is 2.53. The summed E-state index contributed by atoms with van der Waals surface area (Å²) in [6, 6.07) is 10.3. The van der Waals surface area contributed by atoms with E-state index in [9.17, 15) is 0 Å². The van der Waals surface area contributed by atoms with Gasteiger partial charge in [-0.15, -0.1) is 0 Å². The number of pyridine rings is 1. The van der Waals surface area contributed by atoms with E-state index in [1.54, 1.807) is 0 Å². The van der Waals surface area contributed by atoms with Crippen LogP contribution in [0, 0.1) is 0 Å². The summed E-state index contributed by atoms with van der Waals surface area (Å²) >= 11 is 0. The lowest BCUT2D eigenvalue weighted by atomic mass is 10.1. The molecule has 2 heterocycles. The molecule has 1 aliphatic rings. The van der Waals surface area contributed by atoms with Crippen LogP contribution in [0.25, 0.3) is 10.8 Å². The molecule has 3 rings (SSSR count). The van der Waals surface area contributed by atoms with Crippen molar-refractivity contribution >= 4 is 16.6 Å². The smallest absolute Gasteiger partial charge is 0.133 e. The Balaban J connectivity index is 1.68. The molecule has 0 spiro atoms. The first kappa shape index (κ1) is 13.3. The molecule has 0 saturated carbocycles. The van der Waals surface area contributed by atoms with Crippen LogP contribution in [-0.4, -0.2) is 48.8 Å². The van der Waals surface area contributed by atoms with Crippen LogP contribution >= 0.6 is 0 Å². The van der Waals surface area contributed by atoms with Gasteiger partial charge in [-0.05, 0) is 18.0 Å². The molecule has 0 radical (unpaired) electrons. The van der Waals surface area contributed by atoms with Gasteiger partial charge in [-0.25, -0.2) is 4.98 Å². The third-order valence-corrected chi connectivity index (χ3v) is 3.84. The number of ether oxygens (including phenoxy) is 1. The topological polar surface area (TPSA) is 37.4 Å². The van der Waals surface area contributed by atoms with Crippen molar-refractivity contribution in [2.75, 3.05) is 38.1 Å². The lowest BCUT2D eigenvalue weighted by molar-refractivity contribution is -0.0192. The van der Waals surface area contributed by atoms with Gasteiger partial charge in [-0.1, -0.05) is 31.2 Å². The molecule has 1 aromatic heterocycles. The first-order valence-corrected chi connectivity index (χ1v) is 7.28. The summed E-state index contributed by atoms with van der Waals surface area (Å²) in [6.45, 7) is 6.95. The van der Waals surface area contributed by atoms with Crippen molar-refractivity contribution < 1.29 is 4.74 Å². The molecule has 1 saturated heterocycles. The van der Waals surface area contributed by atoms with E-state index >= 15 is 0 Å². The Hall–Kier alpha value is -1.65. The summed E-state index contributed by atoms with van der Waals surface area (Å²) in [5.41, 5.74) is 0. The standard InChI is InChI=1S/C16H21N3O/c1-2-19-9-10-20-14(12-19)11-18-16-15-6-4-3-5-13(15)7-8-17-16/h3-8,14H,2,9-12H2,1H3,(H,17,18). The minimum Gasteiger partial charge on any atom is -0.374 e. The fraction of sp³-hybridized carbons (Fsp3) is 0.438. The second kappa shape index (κ2) is 6.20. The highest BCUT2D eigenvalue weighted by Gasteiger charge is 2.19. The van der Waals surface area contributed by atoms with E-state index in [2.05, 4.69) is 40.3 Å². The maximum absolute atomic E-state index is 5.81. The van der Waals surface area contributed by atoms with E-state index < -0.39 is 0 Å². The van der Waals surface area contributed by atoms with Gasteiger partial charge in [0.15, 0.2) is 0 Å². The number of morpholine rings is 1. The van der Waals surface area contributed by atoms with Crippen LogP contribution in [0.3, 0.4) is 0 Å². The molecule has 106 valence electrons. The van der Waals surface area contributed by atoms with Gasteiger partial charge < -0.3 is 10.1 Å². The molecule has 20 heavy (non-hydrogen) atoms. The molecule has 1 N–H and O–H groups in total. The molecule has 1 aromatic carbocycles. The van der Waals surface area contributed by atoms with Crippen LogP contribution in [0.15, 0.2) is 36.5 Å². The number of rotatable bonds is 4. The van der Waals surface area contributed by atoms with E-state index in [1.807, 2.05) is 18.3 Å². The van der Waals surface area contributed by atoms with E-state index in [0.29, 0.717) is 0 Å². The third-order valence-electron chi connectivity index (χ3n) is 3.84. The molecular weight excluding hydrogens is 250 g/mol. The second-order valence-electron chi connectivity index (χ2n) is 5.15. The number of hydrogen-bond acceptors (Lipinski definition) is 4. The summed E-state index contributed by atoms with van der Waals surface area (Å²) < 4.78 is 5.81. The van der Waals surface area contributed by atoms with Crippen molar-refractivity contribution in [2.45, 2.75) is 13.0 Å². The number of anilines is 1. The monoisotopic (exact) mass is 271 g/mol. The highest BCUT2D eigenvalue weighted by molar-refractivity contribution is 5.91. The number of nitrogens with zero attached hydrogens (tertiary/aromatic N) is 2. The van der Waals surface area contributed by atoms with Crippen molar-refractivity contribution in [2.24, 2.45) is 0 Å². The summed E-state index contributed by atoms with van der Waals surface area (Å²) in [5.74, 6) is 0.945. The van der Waals surface area contributed by atoms with Gasteiger partial charge >= 0.3 is 0 Å². The molecule has 2 aromatic rings. The van der Waals surface area contributed by atoms with Crippen LogP contribution in [0.4, 0.5) is 5.82 Å². The van der Waals surface area contributed by atoms with Gasteiger partial charge in [-0.2, -0.15) is 0 Å². The fourth-order valence-electron chi connectivity index (χ4n) is 2.66. The summed E-state index contributed by atoms with van der Waals surface area (Å²) in [6.07, 6.45) is 2.09. The predicted octanol–water partition coefficient (Wildman–Crippen LogP) is 2.37. The SMILES string of the molecule is CCN1CCOC(CNc2nccc3ccccc23)C1. The minimum absolute atomic E-state index is 0.240. The largest absolute Gasteiger partial charge is 0.374 e. The van der Waals surface area contributed by atoms with Crippen molar-refractivity contribution in [1.29, 1.82) is 0 Å². The predicted molar refractivity (Wildman–Crippen MR) is 82.1 cm³/mol. The molecular formula is C16H21N3O. The minimum atomic E-state index is 0.240. The molecule has 0 aliphatic carbocycles. The zero-order chi connectivity index (χ0) is 13.8. The van der Waals surface area contributed by atoms with Gasteiger partial charge in [0, 0.05) is 31.2 Å². The van der Waals surface area contributed by atoms with Crippen LogP contribution in [-0.2, 0) is 4.74 Å². The highest BCUT2D eigenvalue weighted by Crippen LogP contribution is 2.20. The van der Waals surface area contributed by atoms with Crippen molar-refractivity contribution in [3.63, 3.8) is 0 Å². The Morgan fingerprint density at radius 2 is 2.25 bits per heavy atom. The Morgan fingerprint density at radius 1 is 1.35 bits per heavy atom. The van der Waals surface area contributed by atoms with Gasteiger partial charge in [-0.3, -0.25) is 4.90 Å². The Kier molecular flexibility index (Phi) is 4.14. The van der Waals surface area contributed by atoms with Gasteiger partial charge in [0.2, 0.25) is 0 Å². The third kappa shape index (κ3) is 2.92. The summed E-state index contributed by atoms with van der Waals surface area (Å²) in [4.78, 5) is 6.87. The number of fused-ring (bicyclic) bond motifs is 1. The summed E-state index contributed by atoms with van der Waals surface area (Å²) in [5, 5.41) is 5.82. The first-order valence-electron chi connectivity index (χ1n) is 7.28. The Bertz CT molecular complexity index is 567. The number of hydrogen-bond donors (Lipinski definition) is 1. The number of benzene rings is 1. The molecule has 1 fully saturated rings. The van der Waals surface area contributed by atoms with Crippen LogP contribution in [0.1, 0.15) is 6.92 Å². The second-order valence-corrected chi connectivity index (χ2v) is 5.15. The molecule has 4 heteroatoms. The number of aromatic nitrogens is 1. The lowest BCUT2D eigenvalue weighted by Crippen LogP contribution is -2.45. The van der Waals surface area contributed by atoms with Crippen LogP contribution in [0.5, 0.6) is 0 Å². The average molecular weight is 271 g/mol. The fourth-order valence-corrected chi connectivity index (χ4v) is 2.66. The van der Waals surface area contributed by atoms with Crippen molar-refractivity contribution in [1.82, 2.24) is 9.88 Å². The normalized spacial score (nSPS) is 20.1. The zero-order valence-corrected chi connectivity index (χ0v) is 11.9. The van der Waals surface area contributed by atoms with Crippen LogP contribution in [0.2, 0.25) is 0 Å². The number of nitrogens with one attached hydrogen (secondary N) is 1. The molecule has 4 nitrogen and oxygen atoms in total. The lowest BCUT2D eigenvalue weighted by Gasteiger charge is -2.32. The highest BCUT2D eigenvalue weighted by atomic mass is 16.5. The molecule has 0 bridgehead atoms. The van der Waals surface area contributed by atoms with Gasteiger partial charge in [0.1, 0.15) is 5.82 Å². The van der Waals surface area contributed by atoms with E-state index in [1.165, 1.54) is 5.39 Å². The number of likely N-dealkylation sites (N-methyl/N-ethyl adjacent to an activating group) is 1. The van der Waals surface area contributed by atoms with Crippen molar-refractivity contribution in [3.05, 3.63) is 36.5 Å². The zero-order valence-electron chi connectivity index (χ0n) is 11.9. The van der Waals surface area contributed by atoms with E-state index in [-0.39, 0.29) is 6.10 Å². The van der Waals surface area contributed by atoms with Crippen LogP contribution < -0.4 is 5.32 Å². The maximum Gasteiger partial charge on any atom is 0.133 e. The first-order chi connectivity index (χ1) is 9.86. The van der Waals surface area contributed by atoms with Gasteiger partial charge in [0.25, 0.3) is 0 Å². The van der Waals surface area contributed by atoms with Gasteiger partial charge in [0.05, 0.1) is 12.7 Å². The van der Waals surface area contributed by atoms with Crippen molar-refractivity contribution in [3.8, 4) is 0 Å². The maximum atomic E-state index is 5.81. The quantitative estimate of drug-likeness (QED) is 0.926. The molecule has 1 atom stereocenters. The van der Waals surface area contributed by atoms with E-state index in [0.717, 1.165) is 44.0 Å². The summed E-state index contributed by atoms with van der Waals surface area (Å²) in [7, 11) is 0. The Morgan fingerprint density at radius 3 is 3.15 bits per heavy atom. The van der Waals surface area contributed by atoms with E-state index in [4.69, 9.17) is 4.74 Å². The molecule has 1 aliphatic heterocycles.